The van der Waals surface area contributed by atoms with Crippen molar-refractivity contribution in [2.75, 3.05) is 5.73 Å². The van der Waals surface area contributed by atoms with E-state index >= 15 is 0 Å². The number of para-hydroxylation sites is 2. The third-order valence-electron chi connectivity index (χ3n) is 3.20. The van der Waals surface area contributed by atoms with Gasteiger partial charge in [0.25, 0.3) is 5.56 Å². The van der Waals surface area contributed by atoms with Crippen LogP contribution in [0, 0.1) is 6.92 Å². The molecule has 0 saturated heterocycles. The van der Waals surface area contributed by atoms with E-state index < -0.39 is 0 Å². The molecule has 0 amide bonds. The van der Waals surface area contributed by atoms with Gasteiger partial charge in [0, 0.05) is 6.20 Å². The standard InChI is InChI=1S/C15H14N4O/c1-10-15(20)19(9-11-6-7-14(16)17-8-11)13-5-3-2-4-12(13)18-10/h2-8H,9H2,1H3,(H2,16,17). The zero-order chi connectivity index (χ0) is 14.1. The highest BCUT2D eigenvalue weighted by Gasteiger charge is 2.08. The average Bonchev–Trinajstić information content (AvgIpc) is 2.46. The highest BCUT2D eigenvalue weighted by Crippen LogP contribution is 2.12. The van der Waals surface area contributed by atoms with Gasteiger partial charge in [-0.1, -0.05) is 18.2 Å². The molecule has 1 aromatic carbocycles. The Bertz CT molecular complexity index is 821. The van der Waals surface area contributed by atoms with Crippen LogP contribution in [0.15, 0.2) is 47.4 Å². The first-order chi connectivity index (χ1) is 9.65. The van der Waals surface area contributed by atoms with Gasteiger partial charge >= 0.3 is 0 Å². The van der Waals surface area contributed by atoms with Crippen molar-refractivity contribution in [3.8, 4) is 0 Å². The fourth-order valence-corrected chi connectivity index (χ4v) is 2.19. The monoisotopic (exact) mass is 266 g/mol. The molecule has 0 radical (unpaired) electrons. The van der Waals surface area contributed by atoms with Crippen LogP contribution in [0.1, 0.15) is 11.3 Å². The second-order valence-electron chi connectivity index (χ2n) is 4.67. The lowest BCUT2D eigenvalue weighted by molar-refractivity contribution is 0.773. The molecule has 3 aromatic rings. The minimum absolute atomic E-state index is 0.0828. The first-order valence-electron chi connectivity index (χ1n) is 6.32. The van der Waals surface area contributed by atoms with Crippen LogP contribution in [0.3, 0.4) is 0 Å². The summed E-state index contributed by atoms with van der Waals surface area (Å²) in [5, 5.41) is 0. The quantitative estimate of drug-likeness (QED) is 0.766. The van der Waals surface area contributed by atoms with E-state index in [9.17, 15) is 4.79 Å². The van der Waals surface area contributed by atoms with Crippen molar-refractivity contribution in [1.82, 2.24) is 14.5 Å². The third kappa shape index (κ3) is 2.14. The number of aryl methyl sites for hydroxylation is 1. The van der Waals surface area contributed by atoms with Gasteiger partial charge in [0.1, 0.15) is 11.5 Å². The van der Waals surface area contributed by atoms with Crippen LogP contribution in [0.5, 0.6) is 0 Å². The van der Waals surface area contributed by atoms with Crippen molar-refractivity contribution in [2.45, 2.75) is 13.5 Å². The second kappa shape index (κ2) is 4.77. The number of anilines is 1. The van der Waals surface area contributed by atoms with E-state index in [4.69, 9.17) is 5.73 Å². The van der Waals surface area contributed by atoms with Gasteiger partial charge < -0.3 is 10.3 Å². The van der Waals surface area contributed by atoms with E-state index in [1.54, 1.807) is 23.8 Å². The summed E-state index contributed by atoms with van der Waals surface area (Å²) in [5.74, 6) is 0.469. The highest BCUT2D eigenvalue weighted by atomic mass is 16.1. The summed E-state index contributed by atoms with van der Waals surface area (Å²) in [7, 11) is 0. The van der Waals surface area contributed by atoms with Crippen LogP contribution in [-0.2, 0) is 6.54 Å². The number of fused-ring (bicyclic) bond motifs is 1. The van der Waals surface area contributed by atoms with E-state index in [-0.39, 0.29) is 5.56 Å². The highest BCUT2D eigenvalue weighted by molar-refractivity contribution is 5.74. The molecule has 0 aliphatic heterocycles. The Morgan fingerprint density at radius 3 is 2.75 bits per heavy atom. The van der Waals surface area contributed by atoms with Crippen molar-refractivity contribution in [3.63, 3.8) is 0 Å². The van der Waals surface area contributed by atoms with E-state index in [0.29, 0.717) is 18.1 Å². The Morgan fingerprint density at radius 1 is 1.20 bits per heavy atom. The molecular formula is C15H14N4O. The van der Waals surface area contributed by atoms with Crippen molar-refractivity contribution in [2.24, 2.45) is 0 Å². The first-order valence-corrected chi connectivity index (χ1v) is 6.32. The van der Waals surface area contributed by atoms with Gasteiger partial charge in [-0.25, -0.2) is 9.97 Å². The number of rotatable bonds is 2. The molecular weight excluding hydrogens is 252 g/mol. The summed E-state index contributed by atoms with van der Waals surface area (Å²) in [6, 6.07) is 11.2. The topological polar surface area (TPSA) is 73.8 Å². The molecule has 0 aliphatic carbocycles. The van der Waals surface area contributed by atoms with Gasteiger partial charge in [0.2, 0.25) is 0 Å². The number of nitrogen functional groups attached to an aromatic ring is 1. The van der Waals surface area contributed by atoms with Crippen LogP contribution >= 0.6 is 0 Å². The summed E-state index contributed by atoms with van der Waals surface area (Å²) in [6.45, 7) is 2.18. The van der Waals surface area contributed by atoms with Crippen molar-refractivity contribution in [1.29, 1.82) is 0 Å². The Hall–Kier alpha value is -2.69. The number of hydrogen-bond donors (Lipinski definition) is 1. The Balaban J connectivity index is 2.17. The van der Waals surface area contributed by atoms with E-state index in [0.717, 1.165) is 16.6 Å². The molecule has 5 nitrogen and oxygen atoms in total. The van der Waals surface area contributed by atoms with Gasteiger partial charge in [0.15, 0.2) is 0 Å². The Morgan fingerprint density at radius 2 is 2.00 bits per heavy atom. The normalized spacial score (nSPS) is 10.8. The second-order valence-corrected chi connectivity index (χ2v) is 4.67. The van der Waals surface area contributed by atoms with E-state index in [1.807, 2.05) is 30.3 Å². The SMILES string of the molecule is Cc1nc2ccccc2n(Cc2ccc(N)nc2)c1=O. The largest absolute Gasteiger partial charge is 0.384 e. The third-order valence-corrected chi connectivity index (χ3v) is 3.20. The zero-order valence-electron chi connectivity index (χ0n) is 11.1. The number of nitrogens with zero attached hydrogens (tertiary/aromatic N) is 3. The van der Waals surface area contributed by atoms with Gasteiger partial charge in [-0.3, -0.25) is 4.79 Å². The molecule has 0 saturated carbocycles. The molecule has 0 bridgehead atoms. The first kappa shape index (κ1) is 12.3. The fraction of sp³-hybridized carbons (Fsp3) is 0.133. The van der Waals surface area contributed by atoms with E-state index in [1.165, 1.54) is 0 Å². The summed E-state index contributed by atoms with van der Waals surface area (Å²) < 4.78 is 1.71. The average molecular weight is 266 g/mol. The molecule has 0 fully saturated rings. The molecule has 0 aliphatic rings. The van der Waals surface area contributed by atoms with Crippen LogP contribution in [0.25, 0.3) is 11.0 Å². The van der Waals surface area contributed by atoms with Crippen LogP contribution in [-0.4, -0.2) is 14.5 Å². The predicted molar refractivity (Wildman–Crippen MR) is 78.5 cm³/mol. The molecule has 20 heavy (non-hydrogen) atoms. The summed E-state index contributed by atoms with van der Waals surface area (Å²) >= 11 is 0. The minimum Gasteiger partial charge on any atom is -0.384 e. The van der Waals surface area contributed by atoms with Gasteiger partial charge in [-0.15, -0.1) is 0 Å². The van der Waals surface area contributed by atoms with Crippen LogP contribution < -0.4 is 11.3 Å². The number of aromatic nitrogens is 3. The summed E-state index contributed by atoms with van der Waals surface area (Å²) in [5.41, 5.74) is 8.54. The van der Waals surface area contributed by atoms with Crippen molar-refractivity contribution < 1.29 is 0 Å². The minimum atomic E-state index is -0.0828. The van der Waals surface area contributed by atoms with Gasteiger partial charge in [0.05, 0.1) is 17.6 Å². The van der Waals surface area contributed by atoms with Gasteiger partial charge in [-0.05, 0) is 30.7 Å². The maximum atomic E-state index is 12.3. The summed E-state index contributed by atoms with van der Waals surface area (Å²) in [4.78, 5) is 20.7. The molecule has 0 atom stereocenters. The maximum absolute atomic E-state index is 12.3. The molecule has 3 rings (SSSR count). The lowest BCUT2D eigenvalue weighted by Gasteiger charge is -2.11. The van der Waals surface area contributed by atoms with Crippen molar-refractivity contribution in [3.05, 3.63) is 64.2 Å². The summed E-state index contributed by atoms with van der Waals surface area (Å²) in [6.07, 6.45) is 1.69. The maximum Gasteiger partial charge on any atom is 0.272 e. The number of pyridine rings is 1. The van der Waals surface area contributed by atoms with Crippen molar-refractivity contribution >= 4 is 16.9 Å². The van der Waals surface area contributed by atoms with Gasteiger partial charge in [-0.2, -0.15) is 0 Å². The lowest BCUT2D eigenvalue weighted by atomic mass is 10.2. The lowest BCUT2D eigenvalue weighted by Crippen LogP contribution is -2.24. The predicted octanol–water partition coefficient (Wildman–Crippen LogP) is 1.73. The molecule has 2 aromatic heterocycles. The number of nitrogens with two attached hydrogens (primary N) is 1. The number of hydrogen-bond acceptors (Lipinski definition) is 4. The smallest absolute Gasteiger partial charge is 0.272 e. The Labute approximate surface area is 115 Å². The molecule has 100 valence electrons. The van der Waals surface area contributed by atoms with Crippen LogP contribution in [0.4, 0.5) is 5.82 Å². The Kier molecular flexibility index (Phi) is 2.95. The molecule has 0 spiro atoms. The van der Waals surface area contributed by atoms with Crippen LogP contribution in [0.2, 0.25) is 0 Å². The molecule has 2 N–H and O–H groups in total. The molecule has 2 heterocycles. The number of benzene rings is 1. The van der Waals surface area contributed by atoms with E-state index in [2.05, 4.69) is 9.97 Å². The molecule has 0 unspecified atom stereocenters. The zero-order valence-corrected chi connectivity index (χ0v) is 11.1. The molecule has 5 heteroatoms. The fourth-order valence-electron chi connectivity index (χ4n) is 2.19.